The Hall–Kier alpha value is -2.22. The predicted molar refractivity (Wildman–Crippen MR) is 77.3 cm³/mol. The monoisotopic (exact) mass is 304 g/mol. The number of nitrogens with zero attached hydrogens (tertiary/aromatic N) is 3. The van der Waals surface area contributed by atoms with Crippen LogP contribution >= 0.6 is 0 Å². The van der Waals surface area contributed by atoms with E-state index in [0.29, 0.717) is 29.0 Å². The predicted octanol–water partition coefficient (Wildman–Crippen LogP) is 1.95. The number of nitrogens with one attached hydrogen (secondary N) is 1. The summed E-state index contributed by atoms with van der Waals surface area (Å²) in [5, 5.41) is 31.4. The molecule has 8 nitrogen and oxygen atoms in total. The lowest BCUT2D eigenvalue weighted by Crippen LogP contribution is -2.26. The minimum absolute atomic E-state index is 0.107. The fourth-order valence-corrected chi connectivity index (χ4v) is 4.20. The lowest BCUT2D eigenvalue weighted by atomic mass is 9.89. The minimum Gasteiger partial charge on any atom is -0.396 e. The van der Waals surface area contributed by atoms with Crippen molar-refractivity contribution in [3.05, 3.63) is 22.2 Å². The third-order valence-corrected chi connectivity index (χ3v) is 5.20. The summed E-state index contributed by atoms with van der Waals surface area (Å²) in [6, 6.07) is 3.37. The molecule has 116 valence electrons. The molecule has 22 heavy (non-hydrogen) atoms. The van der Waals surface area contributed by atoms with Gasteiger partial charge in [0.25, 0.3) is 0 Å². The molecule has 4 unspecified atom stereocenters. The Balaban J connectivity index is 1.67. The zero-order chi connectivity index (χ0) is 15.3. The van der Waals surface area contributed by atoms with Gasteiger partial charge >= 0.3 is 5.69 Å². The lowest BCUT2D eigenvalue weighted by molar-refractivity contribution is -0.383. The van der Waals surface area contributed by atoms with Gasteiger partial charge in [-0.3, -0.25) is 10.1 Å². The molecule has 2 bridgehead atoms. The number of aromatic nitrogens is 2. The number of non-ortho nitro benzene ring substituents is 1. The highest BCUT2D eigenvalue weighted by Crippen LogP contribution is 2.49. The molecule has 1 aromatic heterocycles. The molecule has 2 aromatic rings. The molecule has 4 atom stereocenters. The van der Waals surface area contributed by atoms with Gasteiger partial charge in [-0.25, -0.2) is 4.63 Å². The van der Waals surface area contributed by atoms with Crippen LogP contribution in [0.15, 0.2) is 16.8 Å². The molecule has 8 heteroatoms. The van der Waals surface area contributed by atoms with Gasteiger partial charge in [-0.05, 0) is 53.4 Å². The van der Waals surface area contributed by atoms with Crippen LogP contribution in [0.2, 0.25) is 0 Å². The van der Waals surface area contributed by atoms with Crippen molar-refractivity contribution in [2.24, 2.45) is 17.8 Å². The highest BCUT2D eigenvalue weighted by molar-refractivity contribution is 5.93. The zero-order valence-corrected chi connectivity index (χ0v) is 11.8. The van der Waals surface area contributed by atoms with Crippen molar-refractivity contribution in [2.45, 2.75) is 25.3 Å². The summed E-state index contributed by atoms with van der Waals surface area (Å²) in [6.45, 7) is 0.223. The van der Waals surface area contributed by atoms with E-state index in [9.17, 15) is 15.2 Å². The number of aliphatic hydroxyl groups excluding tert-OH is 1. The quantitative estimate of drug-likeness (QED) is 0.655. The van der Waals surface area contributed by atoms with Gasteiger partial charge in [-0.2, -0.15) is 0 Å². The van der Waals surface area contributed by atoms with Gasteiger partial charge in [0.05, 0.1) is 10.6 Å². The average molecular weight is 304 g/mol. The summed E-state index contributed by atoms with van der Waals surface area (Å²) < 4.78 is 4.69. The number of hydrogen-bond donors (Lipinski definition) is 2. The number of benzene rings is 1. The number of nitro benzene ring substituents is 1. The Morgan fingerprint density at radius 1 is 1.36 bits per heavy atom. The van der Waals surface area contributed by atoms with E-state index in [2.05, 4.69) is 20.3 Å². The van der Waals surface area contributed by atoms with Crippen molar-refractivity contribution in [3.8, 4) is 0 Å². The van der Waals surface area contributed by atoms with Crippen LogP contribution in [-0.4, -0.2) is 33.0 Å². The number of fused-ring (bicyclic) bond motifs is 3. The molecule has 0 aliphatic heterocycles. The summed E-state index contributed by atoms with van der Waals surface area (Å²) >= 11 is 0. The van der Waals surface area contributed by atoms with E-state index in [0.717, 1.165) is 19.3 Å². The van der Waals surface area contributed by atoms with Crippen LogP contribution in [0.25, 0.3) is 11.0 Å². The maximum Gasteiger partial charge on any atom is 0.300 e. The Morgan fingerprint density at radius 3 is 2.91 bits per heavy atom. The summed E-state index contributed by atoms with van der Waals surface area (Å²) in [6.07, 6.45) is 3.30. The van der Waals surface area contributed by atoms with Crippen molar-refractivity contribution in [1.82, 2.24) is 10.3 Å². The molecule has 1 aromatic carbocycles. The maximum atomic E-state index is 11.0. The first kappa shape index (κ1) is 13.4. The Labute approximate surface area is 125 Å². The van der Waals surface area contributed by atoms with E-state index in [1.165, 1.54) is 6.07 Å². The second-order valence-corrected chi connectivity index (χ2v) is 6.20. The number of nitro groups is 1. The first-order chi connectivity index (χ1) is 10.7. The van der Waals surface area contributed by atoms with Crippen molar-refractivity contribution < 1.29 is 14.7 Å². The van der Waals surface area contributed by atoms with Crippen molar-refractivity contribution in [3.63, 3.8) is 0 Å². The van der Waals surface area contributed by atoms with Gasteiger partial charge < -0.3 is 10.4 Å². The van der Waals surface area contributed by atoms with Gasteiger partial charge in [-0.1, -0.05) is 0 Å². The van der Waals surface area contributed by atoms with Crippen molar-refractivity contribution >= 4 is 22.4 Å². The largest absolute Gasteiger partial charge is 0.396 e. The molecule has 2 fully saturated rings. The fourth-order valence-electron chi connectivity index (χ4n) is 4.20. The van der Waals surface area contributed by atoms with E-state index in [4.69, 9.17) is 0 Å². The van der Waals surface area contributed by atoms with Gasteiger partial charge in [0.2, 0.25) is 5.52 Å². The molecule has 0 amide bonds. The van der Waals surface area contributed by atoms with Crippen LogP contribution in [0, 0.1) is 27.9 Å². The molecule has 2 N–H and O–H groups in total. The van der Waals surface area contributed by atoms with Crippen LogP contribution in [0.5, 0.6) is 0 Å². The van der Waals surface area contributed by atoms with E-state index in [1.807, 2.05) is 0 Å². The molecule has 1 heterocycles. The first-order valence-corrected chi connectivity index (χ1v) is 7.46. The minimum atomic E-state index is -0.489. The maximum absolute atomic E-state index is 11.0. The second kappa shape index (κ2) is 4.91. The third-order valence-electron chi connectivity index (χ3n) is 5.20. The molecule has 0 radical (unpaired) electrons. The van der Waals surface area contributed by atoms with Crippen LogP contribution in [0.1, 0.15) is 19.3 Å². The van der Waals surface area contributed by atoms with Crippen molar-refractivity contribution in [2.75, 3.05) is 11.9 Å². The number of rotatable bonds is 4. The van der Waals surface area contributed by atoms with Crippen LogP contribution in [0.3, 0.4) is 0 Å². The van der Waals surface area contributed by atoms with Crippen LogP contribution in [-0.2, 0) is 0 Å². The molecule has 0 saturated heterocycles. The van der Waals surface area contributed by atoms with Gasteiger partial charge in [0, 0.05) is 18.7 Å². The Bertz CT molecular complexity index is 731. The SMILES string of the molecule is O=[N+]([O-])c1ccc(NC2C3CCC2C(CO)C3)c2nonc12. The van der Waals surface area contributed by atoms with E-state index >= 15 is 0 Å². The summed E-state index contributed by atoms with van der Waals surface area (Å²) in [4.78, 5) is 10.5. The fraction of sp³-hybridized carbons (Fsp3) is 0.571. The normalized spacial score (nSPS) is 30.0. The summed E-state index contributed by atoms with van der Waals surface area (Å²) in [7, 11) is 0. The Kier molecular flexibility index (Phi) is 3.00. The molecule has 4 rings (SSSR count). The standard InChI is InChI=1S/C14H16N4O4/c19-6-8-5-7-1-2-9(8)12(7)15-10-3-4-11(18(20)21)14-13(10)16-22-17-14/h3-4,7-9,12,15,19H,1-2,5-6H2. The lowest BCUT2D eigenvalue weighted by Gasteiger charge is -2.21. The van der Waals surface area contributed by atoms with Gasteiger partial charge in [0.15, 0.2) is 5.52 Å². The molecule has 0 spiro atoms. The second-order valence-electron chi connectivity index (χ2n) is 6.20. The number of aliphatic hydroxyl groups is 1. The summed E-state index contributed by atoms with van der Waals surface area (Å²) in [5.74, 6) is 1.33. The molecule has 2 aliphatic rings. The smallest absolute Gasteiger partial charge is 0.300 e. The van der Waals surface area contributed by atoms with E-state index in [-0.39, 0.29) is 23.9 Å². The third kappa shape index (κ3) is 1.87. The highest BCUT2D eigenvalue weighted by Gasteiger charge is 2.47. The molecule has 2 saturated carbocycles. The van der Waals surface area contributed by atoms with Gasteiger partial charge in [0.1, 0.15) is 0 Å². The summed E-state index contributed by atoms with van der Waals surface area (Å²) in [5.41, 5.74) is 1.16. The number of anilines is 1. The van der Waals surface area contributed by atoms with Gasteiger partial charge in [-0.15, -0.1) is 0 Å². The van der Waals surface area contributed by atoms with E-state index < -0.39 is 4.92 Å². The molecule has 2 aliphatic carbocycles. The number of hydrogen-bond acceptors (Lipinski definition) is 7. The van der Waals surface area contributed by atoms with Crippen molar-refractivity contribution in [1.29, 1.82) is 0 Å². The average Bonchev–Trinajstić information content (AvgIpc) is 3.21. The molecular formula is C14H16N4O4. The van der Waals surface area contributed by atoms with E-state index in [1.54, 1.807) is 6.07 Å². The zero-order valence-electron chi connectivity index (χ0n) is 11.8. The first-order valence-electron chi connectivity index (χ1n) is 7.46. The molecular weight excluding hydrogens is 288 g/mol. The Morgan fingerprint density at radius 2 is 2.18 bits per heavy atom. The van der Waals surface area contributed by atoms with Crippen LogP contribution < -0.4 is 5.32 Å². The topological polar surface area (TPSA) is 114 Å². The van der Waals surface area contributed by atoms with Crippen LogP contribution in [0.4, 0.5) is 11.4 Å². The highest BCUT2D eigenvalue weighted by atomic mass is 16.6.